The lowest BCUT2D eigenvalue weighted by Crippen LogP contribution is -2.14. The first-order valence-corrected chi connectivity index (χ1v) is 6.74. The number of hydrogen-bond donors (Lipinski definition) is 2. The molecule has 0 amide bonds. The largest absolute Gasteiger partial charge is 0.505 e. The van der Waals surface area contributed by atoms with Gasteiger partial charge in [-0.15, -0.1) is 0 Å². The van der Waals surface area contributed by atoms with E-state index in [-0.39, 0.29) is 15.8 Å². The molecule has 1 aromatic rings. The van der Waals surface area contributed by atoms with E-state index in [0.717, 1.165) is 12.1 Å². The van der Waals surface area contributed by atoms with Gasteiger partial charge in [-0.25, -0.2) is 0 Å². The van der Waals surface area contributed by atoms with Crippen molar-refractivity contribution in [2.24, 2.45) is 0 Å². The number of phenols is 1. The zero-order chi connectivity index (χ0) is 12.8. The van der Waals surface area contributed by atoms with Gasteiger partial charge in [-0.1, -0.05) is 49.4 Å². The van der Waals surface area contributed by atoms with Gasteiger partial charge in [-0.3, -0.25) is 0 Å². The average Bonchev–Trinajstić information content (AvgIpc) is 2.26. The second-order valence-electron chi connectivity index (χ2n) is 4.33. The SMILES string of the molecule is CCCCCC(C)Nc1cc(Cl)c(O)c(Cl)c1. The van der Waals surface area contributed by atoms with E-state index < -0.39 is 0 Å². The third-order valence-electron chi connectivity index (χ3n) is 2.67. The maximum absolute atomic E-state index is 9.45. The number of unbranched alkanes of at least 4 members (excludes halogenated alkanes) is 2. The Hall–Kier alpha value is -0.600. The molecule has 2 N–H and O–H groups in total. The molecule has 0 bridgehead atoms. The third kappa shape index (κ3) is 4.64. The maximum atomic E-state index is 9.45. The fraction of sp³-hybridized carbons (Fsp3) is 0.538. The highest BCUT2D eigenvalue weighted by atomic mass is 35.5. The zero-order valence-corrected chi connectivity index (χ0v) is 11.8. The van der Waals surface area contributed by atoms with Crippen molar-refractivity contribution in [1.82, 2.24) is 0 Å². The number of nitrogens with one attached hydrogen (secondary N) is 1. The molecule has 0 fully saturated rings. The van der Waals surface area contributed by atoms with Crippen molar-refractivity contribution < 1.29 is 5.11 Å². The van der Waals surface area contributed by atoms with Crippen LogP contribution in [0, 0.1) is 0 Å². The summed E-state index contributed by atoms with van der Waals surface area (Å²) in [6.07, 6.45) is 4.81. The second-order valence-corrected chi connectivity index (χ2v) is 5.14. The molecule has 1 aromatic carbocycles. The smallest absolute Gasteiger partial charge is 0.152 e. The molecule has 2 nitrogen and oxygen atoms in total. The highest BCUT2D eigenvalue weighted by molar-refractivity contribution is 6.37. The highest BCUT2D eigenvalue weighted by Gasteiger charge is 2.08. The molecule has 0 saturated heterocycles. The van der Waals surface area contributed by atoms with E-state index in [9.17, 15) is 5.11 Å². The molecule has 0 heterocycles. The first kappa shape index (κ1) is 14.5. The van der Waals surface area contributed by atoms with E-state index in [1.165, 1.54) is 19.3 Å². The molecule has 0 aliphatic rings. The van der Waals surface area contributed by atoms with Crippen molar-refractivity contribution in [2.75, 3.05) is 5.32 Å². The minimum Gasteiger partial charge on any atom is -0.505 e. The van der Waals surface area contributed by atoms with Crippen molar-refractivity contribution in [3.63, 3.8) is 0 Å². The summed E-state index contributed by atoms with van der Waals surface area (Å²) < 4.78 is 0. The van der Waals surface area contributed by atoms with Gasteiger partial charge < -0.3 is 10.4 Å². The fourth-order valence-electron chi connectivity index (χ4n) is 1.71. The number of anilines is 1. The summed E-state index contributed by atoms with van der Waals surface area (Å²) in [5.74, 6) is -0.0579. The van der Waals surface area contributed by atoms with Crippen LogP contribution in [0.2, 0.25) is 10.0 Å². The number of phenolic OH excluding ortho intramolecular Hbond substituents is 1. The summed E-state index contributed by atoms with van der Waals surface area (Å²) in [6.45, 7) is 4.32. The molecular weight excluding hydrogens is 257 g/mol. The van der Waals surface area contributed by atoms with Crippen molar-refractivity contribution >= 4 is 28.9 Å². The molecule has 1 unspecified atom stereocenters. The minimum absolute atomic E-state index is 0.0579. The molecule has 0 saturated carbocycles. The molecule has 17 heavy (non-hydrogen) atoms. The Morgan fingerprint density at radius 2 is 1.82 bits per heavy atom. The Bertz CT molecular complexity index is 345. The van der Waals surface area contributed by atoms with Crippen LogP contribution in [-0.4, -0.2) is 11.1 Å². The van der Waals surface area contributed by atoms with Gasteiger partial charge in [0.25, 0.3) is 0 Å². The molecule has 0 aliphatic carbocycles. The van der Waals surface area contributed by atoms with Crippen LogP contribution < -0.4 is 5.32 Å². The van der Waals surface area contributed by atoms with E-state index in [2.05, 4.69) is 19.2 Å². The van der Waals surface area contributed by atoms with Crippen molar-refractivity contribution in [3.8, 4) is 5.75 Å². The monoisotopic (exact) mass is 275 g/mol. The molecular formula is C13H19Cl2NO. The van der Waals surface area contributed by atoms with E-state index in [1.807, 2.05) is 0 Å². The lowest BCUT2D eigenvalue weighted by molar-refractivity contribution is 0.476. The first-order chi connectivity index (χ1) is 8.04. The van der Waals surface area contributed by atoms with Gasteiger partial charge in [0.05, 0.1) is 10.0 Å². The van der Waals surface area contributed by atoms with Gasteiger partial charge in [0.15, 0.2) is 5.75 Å². The topological polar surface area (TPSA) is 32.3 Å². The zero-order valence-electron chi connectivity index (χ0n) is 10.3. The number of aromatic hydroxyl groups is 1. The van der Waals surface area contributed by atoms with Gasteiger partial charge in [-0.05, 0) is 25.5 Å². The van der Waals surface area contributed by atoms with Gasteiger partial charge in [0.2, 0.25) is 0 Å². The Balaban J connectivity index is 2.56. The number of halogens is 2. The lowest BCUT2D eigenvalue weighted by Gasteiger charge is -2.16. The Morgan fingerprint density at radius 1 is 1.24 bits per heavy atom. The predicted molar refractivity (Wildman–Crippen MR) is 75.4 cm³/mol. The van der Waals surface area contributed by atoms with Crippen LogP contribution in [0.25, 0.3) is 0 Å². The number of rotatable bonds is 6. The van der Waals surface area contributed by atoms with Crippen molar-refractivity contribution in [1.29, 1.82) is 0 Å². The van der Waals surface area contributed by atoms with Crippen LogP contribution in [0.4, 0.5) is 5.69 Å². The van der Waals surface area contributed by atoms with Gasteiger partial charge in [-0.2, -0.15) is 0 Å². The maximum Gasteiger partial charge on any atom is 0.152 e. The first-order valence-electron chi connectivity index (χ1n) is 5.99. The minimum atomic E-state index is -0.0579. The molecule has 0 spiro atoms. The fourth-order valence-corrected chi connectivity index (χ4v) is 2.19. The normalized spacial score (nSPS) is 12.5. The molecule has 0 radical (unpaired) electrons. The van der Waals surface area contributed by atoms with Crippen LogP contribution in [-0.2, 0) is 0 Å². The summed E-state index contributed by atoms with van der Waals surface area (Å²) in [5, 5.41) is 13.3. The predicted octanol–water partition coefficient (Wildman–Crippen LogP) is 5.08. The average molecular weight is 276 g/mol. The molecule has 1 rings (SSSR count). The van der Waals surface area contributed by atoms with E-state index in [1.54, 1.807) is 12.1 Å². The summed E-state index contributed by atoms with van der Waals surface area (Å²) in [7, 11) is 0. The van der Waals surface area contributed by atoms with E-state index in [0.29, 0.717) is 6.04 Å². The lowest BCUT2D eigenvalue weighted by atomic mass is 10.1. The van der Waals surface area contributed by atoms with Crippen LogP contribution in [0.3, 0.4) is 0 Å². The summed E-state index contributed by atoms with van der Waals surface area (Å²) >= 11 is 11.7. The van der Waals surface area contributed by atoms with Crippen LogP contribution in [0.5, 0.6) is 5.75 Å². The van der Waals surface area contributed by atoms with Gasteiger partial charge in [0, 0.05) is 11.7 Å². The molecule has 96 valence electrons. The molecule has 4 heteroatoms. The van der Waals surface area contributed by atoms with Crippen molar-refractivity contribution in [3.05, 3.63) is 22.2 Å². The number of hydrogen-bond acceptors (Lipinski definition) is 2. The summed E-state index contributed by atoms with van der Waals surface area (Å²) in [4.78, 5) is 0. The second kappa shape index (κ2) is 6.97. The Kier molecular flexibility index (Phi) is 5.93. The van der Waals surface area contributed by atoms with Crippen LogP contribution in [0.1, 0.15) is 39.5 Å². The van der Waals surface area contributed by atoms with E-state index in [4.69, 9.17) is 23.2 Å². The molecule has 0 aromatic heterocycles. The van der Waals surface area contributed by atoms with Crippen LogP contribution in [0.15, 0.2) is 12.1 Å². The summed E-state index contributed by atoms with van der Waals surface area (Å²) in [6, 6.07) is 3.76. The quantitative estimate of drug-likeness (QED) is 0.561. The van der Waals surface area contributed by atoms with Crippen LogP contribution >= 0.6 is 23.2 Å². The molecule has 0 aliphatic heterocycles. The third-order valence-corrected chi connectivity index (χ3v) is 3.25. The van der Waals surface area contributed by atoms with E-state index >= 15 is 0 Å². The highest BCUT2D eigenvalue weighted by Crippen LogP contribution is 2.34. The molecule has 1 atom stereocenters. The Morgan fingerprint density at radius 3 is 2.35 bits per heavy atom. The van der Waals surface area contributed by atoms with Gasteiger partial charge >= 0.3 is 0 Å². The van der Waals surface area contributed by atoms with Gasteiger partial charge in [0.1, 0.15) is 0 Å². The van der Waals surface area contributed by atoms with Crippen molar-refractivity contribution in [2.45, 2.75) is 45.6 Å². The number of benzene rings is 1. The summed E-state index contributed by atoms with van der Waals surface area (Å²) in [5.41, 5.74) is 0.849. The standard InChI is InChI=1S/C13H19Cl2NO/c1-3-4-5-6-9(2)16-10-7-11(14)13(17)12(15)8-10/h7-9,16-17H,3-6H2,1-2H3. The Labute approximate surface area is 113 Å².